The van der Waals surface area contributed by atoms with E-state index in [9.17, 15) is 0 Å². The van der Waals surface area contributed by atoms with Crippen LogP contribution in [0.5, 0.6) is 11.5 Å². The molecule has 4 aromatic rings. The molecule has 0 radical (unpaired) electrons. The molecule has 0 fully saturated rings. The number of benzene rings is 1. The van der Waals surface area contributed by atoms with Crippen LogP contribution in [0.15, 0.2) is 53.2 Å². The van der Waals surface area contributed by atoms with Crippen molar-refractivity contribution in [3.05, 3.63) is 53.2 Å². The van der Waals surface area contributed by atoms with Gasteiger partial charge in [-0.05, 0) is 42.6 Å². The number of fused-ring (bicyclic) bond motifs is 1. The van der Waals surface area contributed by atoms with Crippen LogP contribution in [0, 0.1) is 0 Å². The van der Waals surface area contributed by atoms with E-state index >= 15 is 0 Å². The molecule has 0 saturated heterocycles. The zero-order chi connectivity index (χ0) is 18.6. The molecule has 0 amide bonds. The van der Waals surface area contributed by atoms with E-state index in [1.54, 1.807) is 23.0 Å². The second-order valence-electron chi connectivity index (χ2n) is 6.01. The van der Waals surface area contributed by atoms with E-state index in [2.05, 4.69) is 20.6 Å². The van der Waals surface area contributed by atoms with Gasteiger partial charge in [-0.1, -0.05) is 6.07 Å². The topological polar surface area (TPSA) is 73.6 Å². The Morgan fingerprint density at radius 2 is 2.04 bits per heavy atom. The molecule has 0 saturated carbocycles. The van der Waals surface area contributed by atoms with E-state index in [-0.39, 0.29) is 6.10 Å². The lowest BCUT2D eigenvalue weighted by Gasteiger charge is -2.16. The van der Waals surface area contributed by atoms with Gasteiger partial charge in [-0.3, -0.25) is 0 Å². The van der Waals surface area contributed by atoms with Gasteiger partial charge in [0.1, 0.15) is 23.4 Å². The highest BCUT2D eigenvalue weighted by Crippen LogP contribution is 2.22. The first-order chi connectivity index (χ1) is 13.2. The Kier molecular flexibility index (Phi) is 4.88. The van der Waals surface area contributed by atoms with Crippen LogP contribution in [-0.4, -0.2) is 39.6 Å². The highest BCUT2D eigenvalue weighted by molar-refractivity contribution is 7.08. The molecular weight excluding hydrogens is 362 g/mol. The van der Waals surface area contributed by atoms with Gasteiger partial charge in [0.2, 0.25) is 0 Å². The van der Waals surface area contributed by atoms with Crippen LogP contribution in [0.2, 0.25) is 0 Å². The average molecular weight is 381 g/mol. The molecule has 1 aromatic carbocycles. The van der Waals surface area contributed by atoms with Gasteiger partial charge in [-0.2, -0.15) is 15.9 Å². The molecule has 138 valence electrons. The maximum absolute atomic E-state index is 5.93. The van der Waals surface area contributed by atoms with Gasteiger partial charge < -0.3 is 14.8 Å². The molecular formula is C19H19N5O2S. The summed E-state index contributed by atoms with van der Waals surface area (Å²) in [4.78, 5) is 0. The van der Waals surface area contributed by atoms with E-state index in [1.807, 2.05) is 60.1 Å². The number of hydrogen-bond acceptors (Lipinski definition) is 7. The molecule has 0 aliphatic heterocycles. The summed E-state index contributed by atoms with van der Waals surface area (Å²) in [5.74, 6) is 3.01. The second-order valence-corrected chi connectivity index (χ2v) is 6.79. The standard InChI is InChI=1S/C19H19N5O2S/c1-13(26-16-5-3-4-15(10-16)25-2)11-20-17-6-7-18-21-22-19(24(18)23-17)14-8-9-27-12-14/h3-10,12-13H,11H2,1-2H3,(H,20,23). The van der Waals surface area contributed by atoms with Crippen LogP contribution in [0.25, 0.3) is 17.0 Å². The van der Waals surface area contributed by atoms with Gasteiger partial charge >= 0.3 is 0 Å². The molecule has 7 nitrogen and oxygen atoms in total. The van der Waals surface area contributed by atoms with Crippen molar-refractivity contribution in [1.29, 1.82) is 0 Å². The molecule has 27 heavy (non-hydrogen) atoms. The predicted molar refractivity (Wildman–Crippen MR) is 106 cm³/mol. The number of aromatic nitrogens is 4. The van der Waals surface area contributed by atoms with Crippen molar-refractivity contribution in [3.63, 3.8) is 0 Å². The number of thiophene rings is 1. The van der Waals surface area contributed by atoms with E-state index in [4.69, 9.17) is 9.47 Å². The summed E-state index contributed by atoms with van der Waals surface area (Å²) >= 11 is 1.62. The Morgan fingerprint density at radius 1 is 1.15 bits per heavy atom. The fraction of sp³-hybridized carbons (Fsp3) is 0.211. The van der Waals surface area contributed by atoms with Crippen molar-refractivity contribution < 1.29 is 9.47 Å². The van der Waals surface area contributed by atoms with Crippen molar-refractivity contribution in [2.45, 2.75) is 13.0 Å². The van der Waals surface area contributed by atoms with Crippen molar-refractivity contribution in [2.75, 3.05) is 19.0 Å². The van der Waals surface area contributed by atoms with Gasteiger partial charge in [0.05, 0.1) is 13.7 Å². The SMILES string of the molecule is COc1cccc(OC(C)CNc2ccc3nnc(-c4ccsc4)n3n2)c1. The number of nitrogens with zero attached hydrogens (tertiary/aromatic N) is 4. The minimum Gasteiger partial charge on any atom is -0.497 e. The molecule has 0 bridgehead atoms. The van der Waals surface area contributed by atoms with Gasteiger partial charge in [0.15, 0.2) is 11.5 Å². The number of nitrogens with one attached hydrogen (secondary N) is 1. The number of ether oxygens (including phenoxy) is 2. The molecule has 0 aliphatic rings. The Balaban J connectivity index is 1.44. The van der Waals surface area contributed by atoms with Gasteiger partial charge in [-0.15, -0.1) is 15.3 Å². The Labute approximate surface area is 160 Å². The fourth-order valence-electron chi connectivity index (χ4n) is 2.65. The van der Waals surface area contributed by atoms with Crippen molar-refractivity contribution >= 4 is 22.8 Å². The lowest BCUT2D eigenvalue weighted by Crippen LogP contribution is -2.23. The molecule has 3 heterocycles. The first-order valence-corrected chi connectivity index (χ1v) is 9.47. The molecule has 3 aromatic heterocycles. The molecule has 1 N–H and O–H groups in total. The van der Waals surface area contributed by atoms with Crippen LogP contribution in [0.4, 0.5) is 5.82 Å². The van der Waals surface area contributed by atoms with Crippen molar-refractivity contribution in [1.82, 2.24) is 19.8 Å². The summed E-state index contributed by atoms with van der Waals surface area (Å²) in [6.45, 7) is 2.60. The Morgan fingerprint density at radius 3 is 2.85 bits per heavy atom. The van der Waals surface area contributed by atoms with Crippen LogP contribution in [0.3, 0.4) is 0 Å². The summed E-state index contributed by atoms with van der Waals surface area (Å²) in [7, 11) is 1.64. The fourth-order valence-corrected chi connectivity index (χ4v) is 3.29. The Bertz CT molecular complexity index is 1030. The highest BCUT2D eigenvalue weighted by Gasteiger charge is 2.11. The van der Waals surface area contributed by atoms with E-state index < -0.39 is 0 Å². The monoisotopic (exact) mass is 381 g/mol. The average Bonchev–Trinajstić information content (AvgIpc) is 3.35. The highest BCUT2D eigenvalue weighted by atomic mass is 32.1. The molecule has 0 aliphatic carbocycles. The minimum absolute atomic E-state index is 0.0492. The molecule has 1 unspecified atom stereocenters. The zero-order valence-corrected chi connectivity index (χ0v) is 15.8. The molecule has 4 rings (SSSR count). The van der Waals surface area contributed by atoms with Crippen molar-refractivity contribution in [3.8, 4) is 22.9 Å². The number of rotatable bonds is 7. The lowest BCUT2D eigenvalue weighted by atomic mass is 10.3. The third kappa shape index (κ3) is 3.85. The van der Waals surface area contributed by atoms with E-state index in [0.717, 1.165) is 28.7 Å². The van der Waals surface area contributed by atoms with Crippen LogP contribution in [-0.2, 0) is 0 Å². The van der Waals surface area contributed by atoms with Gasteiger partial charge in [0, 0.05) is 17.0 Å². The van der Waals surface area contributed by atoms with Crippen LogP contribution >= 0.6 is 11.3 Å². The van der Waals surface area contributed by atoms with E-state index in [0.29, 0.717) is 12.2 Å². The molecule has 0 spiro atoms. The first kappa shape index (κ1) is 17.3. The molecule has 8 heteroatoms. The van der Waals surface area contributed by atoms with E-state index in [1.165, 1.54) is 0 Å². The van der Waals surface area contributed by atoms with Crippen molar-refractivity contribution in [2.24, 2.45) is 0 Å². The third-order valence-corrected chi connectivity index (χ3v) is 4.67. The third-order valence-electron chi connectivity index (χ3n) is 3.99. The smallest absolute Gasteiger partial charge is 0.186 e. The predicted octanol–water partition coefficient (Wildman–Crippen LogP) is 3.74. The number of hydrogen-bond donors (Lipinski definition) is 1. The largest absolute Gasteiger partial charge is 0.497 e. The summed E-state index contributed by atoms with van der Waals surface area (Å²) in [6, 6.07) is 13.4. The number of anilines is 1. The van der Waals surface area contributed by atoms with Crippen LogP contribution in [0.1, 0.15) is 6.92 Å². The van der Waals surface area contributed by atoms with Crippen LogP contribution < -0.4 is 14.8 Å². The maximum atomic E-state index is 5.93. The summed E-state index contributed by atoms with van der Waals surface area (Å²) in [5, 5.41) is 20.4. The molecule has 1 atom stereocenters. The minimum atomic E-state index is -0.0492. The zero-order valence-electron chi connectivity index (χ0n) is 15.0. The lowest BCUT2D eigenvalue weighted by molar-refractivity contribution is 0.233. The summed E-state index contributed by atoms with van der Waals surface area (Å²) < 4.78 is 12.9. The normalized spacial score (nSPS) is 12.1. The van der Waals surface area contributed by atoms with Gasteiger partial charge in [0.25, 0.3) is 0 Å². The maximum Gasteiger partial charge on any atom is 0.186 e. The quantitative estimate of drug-likeness (QED) is 0.526. The van der Waals surface area contributed by atoms with Gasteiger partial charge in [-0.25, -0.2) is 0 Å². The summed E-state index contributed by atoms with van der Waals surface area (Å²) in [6.07, 6.45) is -0.0492. The first-order valence-electron chi connectivity index (χ1n) is 8.52. The number of methoxy groups -OCH3 is 1. The second kappa shape index (κ2) is 7.63. The Hall–Kier alpha value is -3.13. The summed E-state index contributed by atoms with van der Waals surface area (Å²) in [5.41, 5.74) is 1.72.